The third-order valence-electron chi connectivity index (χ3n) is 5.09. The second-order valence-corrected chi connectivity index (χ2v) is 7.72. The Bertz CT molecular complexity index is 1220. The van der Waals surface area contributed by atoms with Crippen molar-refractivity contribution >= 4 is 27.2 Å². The number of benzene rings is 2. The molecule has 0 aliphatic rings. The van der Waals surface area contributed by atoms with E-state index in [-0.39, 0.29) is 6.17 Å². The lowest BCUT2D eigenvalue weighted by Crippen LogP contribution is -2.30. The Hall–Kier alpha value is -2.72. The summed E-state index contributed by atoms with van der Waals surface area (Å²) < 4.78 is 36.2. The summed E-state index contributed by atoms with van der Waals surface area (Å²) in [5.41, 5.74) is 4.59. The van der Waals surface area contributed by atoms with Crippen molar-refractivity contribution in [3.8, 4) is 11.3 Å². The average Bonchev–Trinajstić information content (AvgIpc) is 3.25. The van der Waals surface area contributed by atoms with Gasteiger partial charge in [-0.1, -0.05) is 56.3 Å². The van der Waals surface area contributed by atoms with E-state index < -0.39 is 10.4 Å². The minimum Gasteiger partial charge on any atom is -0.294 e. The van der Waals surface area contributed by atoms with Crippen LogP contribution in [0.2, 0.25) is 0 Å². The Morgan fingerprint density at radius 1 is 0.967 bits per heavy atom. The molecule has 2 aromatic carbocycles. The molecular weight excluding hydrogens is 404 g/mol. The Morgan fingerprint density at radius 3 is 2.07 bits per heavy atom. The van der Waals surface area contributed by atoms with E-state index in [1.807, 2.05) is 6.07 Å². The van der Waals surface area contributed by atoms with Gasteiger partial charge in [0.05, 0.1) is 22.9 Å². The van der Waals surface area contributed by atoms with Crippen molar-refractivity contribution in [3.63, 3.8) is 0 Å². The third-order valence-corrected chi connectivity index (χ3v) is 5.09. The van der Waals surface area contributed by atoms with Crippen molar-refractivity contribution in [2.45, 2.75) is 26.9 Å². The highest BCUT2D eigenvalue weighted by Crippen LogP contribution is 2.29. The molecule has 0 bridgehead atoms. The lowest BCUT2D eigenvalue weighted by Gasteiger charge is -2.28. The second kappa shape index (κ2) is 8.97. The molecule has 1 unspecified atom stereocenters. The number of hydrogen-bond acceptors (Lipinski definition) is 4. The molecule has 9 heteroatoms. The van der Waals surface area contributed by atoms with Crippen LogP contribution in [0.4, 0.5) is 0 Å². The molecule has 0 spiro atoms. The Labute approximate surface area is 176 Å². The van der Waals surface area contributed by atoms with E-state index in [2.05, 4.69) is 89.4 Å². The molecule has 0 saturated heterocycles. The van der Waals surface area contributed by atoms with Gasteiger partial charge < -0.3 is 0 Å². The molecule has 30 heavy (non-hydrogen) atoms. The summed E-state index contributed by atoms with van der Waals surface area (Å²) in [4.78, 5) is 7.44. The first kappa shape index (κ1) is 22.0. The lowest BCUT2D eigenvalue weighted by atomic mass is 10.2. The maximum Gasteiger partial charge on any atom is 0.394 e. The molecule has 1 atom stereocenters. The molecule has 8 nitrogen and oxygen atoms in total. The smallest absolute Gasteiger partial charge is 0.294 e. The Kier molecular flexibility index (Phi) is 6.57. The van der Waals surface area contributed by atoms with Crippen LogP contribution >= 0.6 is 0 Å². The number of aromatic nitrogens is 3. The van der Waals surface area contributed by atoms with Gasteiger partial charge in [-0.3, -0.25) is 23.0 Å². The highest BCUT2D eigenvalue weighted by Gasteiger charge is 2.21. The van der Waals surface area contributed by atoms with Gasteiger partial charge >= 0.3 is 10.4 Å². The van der Waals surface area contributed by atoms with Crippen LogP contribution in [0.25, 0.3) is 28.1 Å². The quantitative estimate of drug-likeness (QED) is 0.461. The van der Waals surface area contributed by atoms with Crippen molar-refractivity contribution in [1.29, 1.82) is 0 Å². The molecule has 4 rings (SSSR count). The molecule has 2 N–H and O–H groups in total. The van der Waals surface area contributed by atoms with E-state index in [1.54, 1.807) is 0 Å². The lowest BCUT2D eigenvalue weighted by molar-refractivity contribution is 0.179. The van der Waals surface area contributed by atoms with Gasteiger partial charge in [-0.05, 0) is 32.1 Å². The Morgan fingerprint density at radius 2 is 1.50 bits per heavy atom. The summed E-state index contributed by atoms with van der Waals surface area (Å²) in [7, 11) is -4.67. The van der Waals surface area contributed by atoms with Crippen LogP contribution in [0.15, 0.2) is 60.8 Å². The zero-order valence-corrected chi connectivity index (χ0v) is 18.0. The zero-order chi connectivity index (χ0) is 21.9. The second-order valence-electron chi connectivity index (χ2n) is 6.82. The van der Waals surface area contributed by atoms with Crippen molar-refractivity contribution in [2.75, 3.05) is 13.1 Å². The topological polar surface area (TPSA) is 100 Å². The van der Waals surface area contributed by atoms with Crippen molar-refractivity contribution in [2.24, 2.45) is 0 Å². The van der Waals surface area contributed by atoms with Crippen molar-refractivity contribution in [1.82, 2.24) is 18.9 Å². The summed E-state index contributed by atoms with van der Waals surface area (Å²) >= 11 is 0. The first-order valence-electron chi connectivity index (χ1n) is 9.72. The highest BCUT2D eigenvalue weighted by molar-refractivity contribution is 7.79. The summed E-state index contributed by atoms with van der Waals surface area (Å²) in [5, 5.41) is 0. The van der Waals surface area contributed by atoms with Crippen LogP contribution in [-0.4, -0.2) is 49.5 Å². The van der Waals surface area contributed by atoms with Crippen LogP contribution in [0, 0.1) is 0 Å². The van der Waals surface area contributed by atoms with Gasteiger partial charge in [0.2, 0.25) is 5.78 Å². The molecule has 0 amide bonds. The van der Waals surface area contributed by atoms with Gasteiger partial charge in [-0.15, -0.1) is 0 Å². The van der Waals surface area contributed by atoms with E-state index >= 15 is 0 Å². The van der Waals surface area contributed by atoms with Gasteiger partial charge in [0, 0.05) is 11.8 Å². The van der Waals surface area contributed by atoms with Crippen LogP contribution in [0.5, 0.6) is 0 Å². The number of para-hydroxylation sites is 2. The minimum absolute atomic E-state index is 0.253. The predicted molar refractivity (Wildman–Crippen MR) is 118 cm³/mol. The van der Waals surface area contributed by atoms with Crippen LogP contribution in [0.1, 0.15) is 26.9 Å². The van der Waals surface area contributed by atoms with E-state index in [1.165, 1.54) is 11.0 Å². The summed E-state index contributed by atoms with van der Waals surface area (Å²) in [6.45, 7) is 8.72. The van der Waals surface area contributed by atoms with E-state index in [4.69, 9.17) is 22.5 Å². The number of hydrogen-bond donors (Lipinski definition) is 2. The van der Waals surface area contributed by atoms with Gasteiger partial charge in [0.25, 0.3) is 0 Å². The molecule has 0 saturated carbocycles. The maximum atomic E-state index is 8.74. The molecule has 0 fully saturated rings. The fourth-order valence-corrected chi connectivity index (χ4v) is 3.73. The number of rotatable bonds is 5. The average molecular weight is 431 g/mol. The molecule has 0 aliphatic carbocycles. The molecule has 2 heterocycles. The van der Waals surface area contributed by atoms with Crippen LogP contribution in [-0.2, 0) is 10.4 Å². The Balaban J connectivity index is 0.000000461. The van der Waals surface area contributed by atoms with Gasteiger partial charge in [0.15, 0.2) is 0 Å². The maximum absolute atomic E-state index is 8.74. The fourth-order valence-electron chi connectivity index (χ4n) is 3.73. The number of nitrogens with zero attached hydrogens (tertiary/aromatic N) is 4. The van der Waals surface area contributed by atoms with Gasteiger partial charge in [0.1, 0.15) is 0 Å². The number of imidazole rings is 2. The molecular formula is C21H26N4O4S. The van der Waals surface area contributed by atoms with Crippen LogP contribution in [0.3, 0.4) is 0 Å². The third kappa shape index (κ3) is 4.71. The predicted octanol–water partition coefficient (Wildman–Crippen LogP) is 4.16. The molecule has 0 radical (unpaired) electrons. The first-order valence-corrected chi connectivity index (χ1v) is 11.1. The molecule has 4 aromatic rings. The number of fused-ring (bicyclic) bond motifs is 3. The molecule has 0 aliphatic heterocycles. The van der Waals surface area contributed by atoms with E-state index in [0.29, 0.717) is 0 Å². The van der Waals surface area contributed by atoms with Crippen molar-refractivity contribution in [3.05, 3.63) is 60.8 Å². The van der Waals surface area contributed by atoms with Gasteiger partial charge in [-0.2, -0.15) is 8.42 Å². The van der Waals surface area contributed by atoms with Gasteiger partial charge in [-0.25, -0.2) is 4.98 Å². The minimum atomic E-state index is -4.67. The van der Waals surface area contributed by atoms with E-state index in [0.717, 1.165) is 30.1 Å². The zero-order valence-electron chi connectivity index (χ0n) is 17.2. The summed E-state index contributed by atoms with van der Waals surface area (Å²) in [6.07, 6.45) is 2.40. The van der Waals surface area contributed by atoms with E-state index in [9.17, 15) is 0 Å². The summed E-state index contributed by atoms with van der Waals surface area (Å²) in [5.74, 6) is 0.999. The SMILES string of the molecule is CCN(CC)C(C)n1c2ccccc2n2cc(-c3ccccc3)nc12.O=S(=O)(O)O. The largest absolute Gasteiger partial charge is 0.394 e. The first-order chi connectivity index (χ1) is 14.2. The normalized spacial score (nSPS) is 12.9. The van der Waals surface area contributed by atoms with Crippen LogP contribution < -0.4 is 0 Å². The monoisotopic (exact) mass is 430 g/mol. The van der Waals surface area contributed by atoms with Crippen molar-refractivity contribution < 1.29 is 17.5 Å². The fraction of sp³-hybridized carbons (Fsp3) is 0.286. The standard InChI is InChI=1S/C21H24N4.H2O4S/c1-4-23(5-2)16(3)25-20-14-10-9-13-19(20)24-15-18(22-21(24)25)17-11-7-6-8-12-17;1-5(2,3)4/h6-16H,4-5H2,1-3H3;(H2,1,2,3,4). The molecule has 160 valence electrons. The molecule has 2 aromatic heterocycles. The highest BCUT2D eigenvalue weighted by atomic mass is 32.3. The summed E-state index contributed by atoms with van der Waals surface area (Å²) in [6, 6.07) is 18.9.